The Bertz CT molecular complexity index is 366. The van der Waals surface area contributed by atoms with Gasteiger partial charge in [-0.1, -0.05) is 19.1 Å². The van der Waals surface area contributed by atoms with Crippen LogP contribution in [0, 0.1) is 0 Å². The van der Waals surface area contributed by atoms with Gasteiger partial charge in [0.2, 0.25) is 5.91 Å². The van der Waals surface area contributed by atoms with E-state index in [0.29, 0.717) is 0 Å². The number of carbonyl (C=O) groups is 1. The Morgan fingerprint density at radius 3 is 2.88 bits per heavy atom. The van der Waals surface area contributed by atoms with Gasteiger partial charge in [-0.15, -0.1) is 0 Å². The number of methoxy groups -OCH3 is 1. The largest absolute Gasteiger partial charge is 0.375 e. The van der Waals surface area contributed by atoms with Crippen molar-refractivity contribution in [2.75, 3.05) is 25.6 Å². The standard InChI is InChI=1S/C13H20N2O2/c1-4-14-10(2)11-6-5-7-12(8-11)15-13(16)9-17-3/h5-8,10,14H,4,9H2,1-3H3,(H,15,16). The topological polar surface area (TPSA) is 50.4 Å². The van der Waals surface area contributed by atoms with E-state index < -0.39 is 0 Å². The minimum Gasteiger partial charge on any atom is -0.375 e. The summed E-state index contributed by atoms with van der Waals surface area (Å²) in [7, 11) is 1.50. The lowest BCUT2D eigenvalue weighted by Gasteiger charge is -2.14. The van der Waals surface area contributed by atoms with Crippen molar-refractivity contribution >= 4 is 11.6 Å². The minimum absolute atomic E-state index is 0.0764. The molecule has 0 aliphatic carbocycles. The molecule has 0 aliphatic heterocycles. The number of benzene rings is 1. The van der Waals surface area contributed by atoms with Gasteiger partial charge in [-0.2, -0.15) is 0 Å². The molecule has 1 rings (SSSR count). The Morgan fingerprint density at radius 1 is 1.47 bits per heavy atom. The van der Waals surface area contributed by atoms with Gasteiger partial charge in [0.05, 0.1) is 0 Å². The summed E-state index contributed by atoms with van der Waals surface area (Å²) < 4.78 is 4.77. The number of nitrogens with one attached hydrogen (secondary N) is 2. The summed E-state index contributed by atoms with van der Waals surface area (Å²) in [5.41, 5.74) is 1.95. The Balaban J connectivity index is 2.68. The molecule has 0 aromatic heterocycles. The molecule has 0 saturated heterocycles. The van der Waals surface area contributed by atoms with E-state index in [-0.39, 0.29) is 18.6 Å². The fourth-order valence-electron chi connectivity index (χ4n) is 1.64. The first-order valence-electron chi connectivity index (χ1n) is 5.79. The van der Waals surface area contributed by atoms with E-state index in [2.05, 4.69) is 24.5 Å². The van der Waals surface area contributed by atoms with Crippen LogP contribution in [0.25, 0.3) is 0 Å². The molecule has 17 heavy (non-hydrogen) atoms. The number of anilines is 1. The number of rotatable bonds is 6. The second-order valence-electron chi connectivity index (χ2n) is 3.89. The molecule has 0 radical (unpaired) electrons. The van der Waals surface area contributed by atoms with E-state index >= 15 is 0 Å². The van der Waals surface area contributed by atoms with E-state index in [1.54, 1.807) is 0 Å². The molecule has 0 fully saturated rings. The van der Waals surface area contributed by atoms with Gasteiger partial charge >= 0.3 is 0 Å². The second-order valence-corrected chi connectivity index (χ2v) is 3.89. The van der Waals surface area contributed by atoms with Crippen molar-refractivity contribution in [2.45, 2.75) is 19.9 Å². The van der Waals surface area contributed by atoms with E-state index in [1.165, 1.54) is 7.11 Å². The highest BCUT2D eigenvalue weighted by molar-refractivity contribution is 5.91. The number of hydrogen-bond acceptors (Lipinski definition) is 3. The van der Waals surface area contributed by atoms with Crippen LogP contribution in [0.2, 0.25) is 0 Å². The van der Waals surface area contributed by atoms with Crippen LogP contribution < -0.4 is 10.6 Å². The second kappa shape index (κ2) is 7.04. The lowest BCUT2D eigenvalue weighted by molar-refractivity contribution is -0.119. The van der Waals surface area contributed by atoms with Gasteiger partial charge in [-0.25, -0.2) is 0 Å². The van der Waals surface area contributed by atoms with Crippen molar-refractivity contribution < 1.29 is 9.53 Å². The van der Waals surface area contributed by atoms with Crippen LogP contribution in [0.4, 0.5) is 5.69 Å². The van der Waals surface area contributed by atoms with Gasteiger partial charge < -0.3 is 15.4 Å². The average molecular weight is 236 g/mol. The summed E-state index contributed by atoms with van der Waals surface area (Å²) in [6.45, 7) is 5.16. The SMILES string of the molecule is CCNC(C)c1cccc(NC(=O)COC)c1. The molecule has 94 valence electrons. The third kappa shape index (κ3) is 4.54. The molecule has 1 unspecified atom stereocenters. The highest BCUT2D eigenvalue weighted by atomic mass is 16.5. The molecule has 0 aliphatic rings. The summed E-state index contributed by atoms with van der Waals surface area (Å²) in [5, 5.41) is 6.12. The highest BCUT2D eigenvalue weighted by Gasteiger charge is 2.06. The Kier molecular flexibility index (Phi) is 5.66. The van der Waals surface area contributed by atoms with Crippen molar-refractivity contribution in [3.8, 4) is 0 Å². The molecule has 1 atom stereocenters. The first kappa shape index (κ1) is 13.7. The van der Waals surface area contributed by atoms with Crippen LogP contribution >= 0.6 is 0 Å². The summed E-state index contributed by atoms with van der Waals surface area (Å²) in [6, 6.07) is 8.10. The van der Waals surface area contributed by atoms with Crippen LogP contribution in [0.1, 0.15) is 25.5 Å². The average Bonchev–Trinajstić information content (AvgIpc) is 2.30. The normalized spacial score (nSPS) is 12.2. The lowest BCUT2D eigenvalue weighted by Crippen LogP contribution is -2.19. The zero-order chi connectivity index (χ0) is 12.7. The van der Waals surface area contributed by atoms with Crippen molar-refractivity contribution in [1.82, 2.24) is 5.32 Å². The van der Waals surface area contributed by atoms with E-state index in [0.717, 1.165) is 17.8 Å². The van der Waals surface area contributed by atoms with Crippen LogP contribution in [0.5, 0.6) is 0 Å². The molecule has 0 saturated carbocycles. The van der Waals surface area contributed by atoms with Gasteiger partial charge in [-0.3, -0.25) is 4.79 Å². The van der Waals surface area contributed by atoms with Crippen LogP contribution in [0.3, 0.4) is 0 Å². The van der Waals surface area contributed by atoms with Gasteiger partial charge in [0.25, 0.3) is 0 Å². The number of carbonyl (C=O) groups excluding carboxylic acids is 1. The Hall–Kier alpha value is -1.39. The maximum absolute atomic E-state index is 11.4. The number of ether oxygens (including phenoxy) is 1. The Labute approximate surface area is 102 Å². The predicted octanol–water partition coefficient (Wildman–Crippen LogP) is 1.94. The van der Waals surface area contributed by atoms with Crippen molar-refractivity contribution in [3.63, 3.8) is 0 Å². The summed E-state index contributed by atoms with van der Waals surface area (Å²) in [4.78, 5) is 11.4. The highest BCUT2D eigenvalue weighted by Crippen LogP contribution is 2.17. The van der Waals surface area contributed by atoms with Crippen LogP contribution in [-0.2, 0) is 9.53 Å². The monoisotopic (exact) mass is 236 g/mol. The molecule has 1 aromatic carbocycles. The molecular weight excluding hydrogens is 216 g/mol. The summed E-state index contributed by atoms with van der Waals surface area (Å²) in [5.74, 6) is -0.138. The third-order valence-electron chi connectivity index (χ3n) is 2.46. The maximum Gasteiger partial charge on any atom is 0.250 e. The molecule has 1 amide bonds. The molecule has 0 bridgehead atoms. The van der Waals surface area contributed by atoms with E-state index in [4.69, 9.17) is 4.74 Å². The van der Waals surface area contributed by atoms with E-state index in [9.17, 15) is 4.79 Å². The van der Waals surface area contributed by atoms with Gasteiger partial charge in [0.1, 0.15) is 6.61 Å². The number of amides is 1. The van der Waals surface area contributed by atoms with Gasteiger partial charge in [-0.05, 0) is 31.2 Å². The first-order chi connectivity index (χ1) is 8.17. The zero-order valence-corrected chi connectivity index (χ0v) is 10.6. The maximum atomic E-state index is 11.4. The molecule has 2 N–H and O–H groups in total. The minimum atomic E-state index is -0.138. The zero-order valence-electron chi connectivity index (χ0n) is 10.6. The molecule has 0 heterocycles. The quantitative estimate of drug-likeness (QED) is 0.793. The smallest absolute Gasteiger partial charge is 0.250 e. The summed E-state index contributed by atoms with van der Waals surface area (Å²) >= 11 is 0. The van der Waals surface area contributed by atoms with Crippen molar-refractivity contribution in [2.24, 2.45) is 0 Å². The lowest BCUT2D eigenvalue weighted by atomic mass is 10.1. The molecule has 4 heteroatoms. The molecule has 1 aromatic rings. The fourth-order valence-corrected chi connectivity index (χ4v) is 1.64. The van der Waals surface area contributed by atoms with Crippen LogP contribution in [-0.4, -0.2) is 26.2 Å². The van der Waals surface area contributed by atoms with Gasteiger partial charge in [0.15, 0.2) is 0 Å². The number of hydrogen-bond donors (Lipinski definition) is 2. The predicted molar refractivity (Wildman–Crippen MR) is 69.0 cm³/mol. The Morgan fingerprint density at radius 2 is 2.24 bits per heavy atom. The van der Waals surface area contributed by atoms with E-state index in [1.807, 2.05) is 24.3 Å². The third-order valence-corrected chi connectivity index (χ3v) is 2.46. The molecule has 4 nitrogen and oxygen atoms in total. The molecular formula is C13H20N2O2. The first-order valence-corrected chi connectivity index (χ1v) is 5.79. The van der Waals surface area contributed by atoms with Crippen molar-refractivity contribution in [3.05, 3.63) is 29.8 Å². The molecule has 0 spiro atoms. The van der Waals surface area contributed by atoms with Crippen molar-refractivity contribution in [1.29, 1.82) is 0 Å². The fraction of sp³-hybridized carbons (Fsp3) is 0.462. The van der Waals surface area contributed by atoms with Crippen LogP contribution in [0.15, 0.2) is 24.3 Å². The van der Waals surface area contributed by atoms with Gasteiger partial charge in [0, 0.05) is 18.8 Å². The summed E-state index contributed by atoms with van der Waals surface area (Å²) in [6.07, 6.45) is 0.